The number of aromatic nitrogens is 2. The molecule has 1 fully saturated rings. The monoisotopic (exact) mass is 313 g/mol. The number of likely N-dealkylation sites (tertiary alicyclic amines) is 1. The maximum absolute atomic E-state index is 10.7. The lowest BCUT2D eigenvalue weighted by Crippen LogP contribution is -2.34. The number of likely N-dealkylation sites (N-methyl/N-ethyl adjacent to an activating group) is 1. The Kier molecular flexibility index (Phi) is 4.47. The number of rotatable bonds is 5. The van der Waals surface area contributed by atoms with E-state index in [0.29, 0.717) is 6.04 Å². The number of hydrogen-bond donors (Lipinski definition) is 0. The molecule has 120 valence electrons. The van der Waals surface area contributed by atoms with Crippen molar-refractivity contribution < 1.29 is 4.92 Å². The Bertz CT molecular complexity index is 662. The molecule has 0 N–H and O–H groups in total. The number of benzene rings is 1. The molecule has 7 heteroatoms. The van der Waals surface area contributed by atoms with Crippen LogP contribution in [0.4, 0.5) is 11.5 Å². The van der Waals surface area contributed by atoms with E-state index in [4.69, 9.17) is 0 Å². The molecule has 2 aromatic rings. The van der Waals surface area contributed by atoms with E-state index in [2.05, 4.69) is 26.8 Å². The quantitative estimate of drug-likeness (QED) is 0.621. The van der Waals surface area contributed by atoms with E-state index in [0.717, 1.165) is 37.4 Å². The predicted octanol–water partition coefficient (Wildman–Crippen LogP) is 2.10. The van der Waals surface area contributed by atoms with Crippen molar-refractivity contribution in [3.8, 4) is 0 Å². The molecule has 23 heavy (non-hydrogen) atoms. The van der Waals surface area contributed by atoms with Crippen molar-refractivity contribution in [2.45, 2.75) is 19.0 Å². The summed E-state index contributed by atoms with van der Waals surface area (Å²) in [7, 11) is 2.06. The minimum absolute atomic E-state index is 0.136. The van der Waals surface area contributed by atoms with Crippen LogP contribution in [0.2, 0.25) is 0 Å². The van der Waals surface area contributed by atoms with Gasteiger partial charge in [-0.1, -0.05) is 12.1 Å². The molecule has 1 saturated heterocycles. The third-order valence-corrected chi connectivity index (χ3v) is 4.28. The van der Waals surface area contributed by atoms with Crippen molar-refractivity contribution >= 4 is 11.5 Å². The highest BCUT2D eigenvalue weighted by atomic mass is 16.6. The van der Waals surface area contributed by atoms with Gasteiger partial charge in [-0.15, -0.1) is 0 Å². The zero-order valence-electron chi connectivity index (χ0n) is 13.0. The molecular weight excluding hydrogens is 294 g/mol. The molecule has 0 bridgehead atoms. The molecule has 1 aliphatic rings. The predicted molar refractivity (Wildman–Crippen MR) is 87.2 cm³/mol. The van der Waals surface area contributed by atoms with Gasteiger partial charge in [-0.05, 0) is 18.1 Å². The van der Waals surface area contributed by atoms with E-state index in [1.54, 1.807) is 24.7 Å². The molecule has 0 spiro atoms. The second-order valence-corrected chi connectivity index (χ2v) is 5.78. The summed E-state index contributed by atoms with van der Waals surface area (Å²) in [4.78, 5) is 23.1. The molecule has 7 nitrogen and oxygen atoms in total. The van der Waals surface area contributed by atoms with Gasteiger partial charge in [0.15, 0.2) is 0 Å². The summed E-state index contributed by atoms with van der Waals surface area (Å²) in [5, 5.41) is 10.7. The van der Waals surface area contributed by atoms with Crippen LogP contribution in [0.15, 0.2) is 42.9 Å². The highest BCUT2D eigenvalue weighted by molar-refractivity contribution is 5.37. The van der Waals surface area contributed by atoms with Crippen LogP contribution in [-0.4, -0.2) is 46.0 Å². The van der Waals surface area contributed by atoms with Gasteiger partial charge in [-0.25, -0.2) is 9.97 Å². The van der Waals surface area contributed by atoms with Gasteiger partial charge in [0.05, 0.1) is 4.92 Å². The fourth-order valence-electron chi connectivity index (χ4n) is 2.93. The SMILES string of the molecule is CN(c1ccncn1)C1CCN(Cc2ccc([N+](=O)[O-])cc2)C1. The first kappa shape index (κ1) is 15.4. The zero-order valence-corrected chi connectivity index (χ0v) is 13.0. The van der Waals surface area contributed by atoms with E-state index in [1.165, 1.54) is 0 Å². The molecule has 0 saturated carbocycles. The number of nitro benzene ring substituents is 1. The third-order valence-electron chi connectivity index (χ3n) is 4.28. The zero-order chi connectivity index (χ0) is 16.2. The van der Waals surface area contributed by atoms with Crippen molar-refractivity contribution in [3.05, 3.63) is 58.5 Å². The van der Waals surface area contributed by atoms with Crippen molar-refractivity contribution in [1.82, 2.24) is 14.9 Å². The smallest absolute Gasteiger partial charge is 0.269 e. The van der Waals surface area contributed by atoms with E-state index < -0.39 is 0 Å². The molecule has 2 heterocycles. The molecule has 1 aromatic carbocycles. The largest absolute Gasteiger partial charge is 0.355 e. The van der Waals surface area contributed by atoms with Gasteiger partial charge in [-0.3, -0.25) is 15.0 Å². The summed E-state index contributed by atoms with van der Waals surface area (Å²) in [6.45, 7) is 2.78. The molecular formula is C16H19N5O2. The highest BCUT2D eigenvalue weighted by Gasteiger charge is 2.26. The number of hydrogen-bond acceptors (Lipinski definition) is 6. The van der Waals surface area contributed by atoms with Gasteiger partial charge < -0.3 is 4.90 Å². The van der Waals surface area contributed by atoms with E-state index >= 15 is 0 Å². The molecule has 1 unspecified atom stereocenters. The Balaban J connectivity index is 1.58. The summed E-state index contributed by atoms with van der Waals surface area (Å²) in [6, 6.07) is 9.13. The second kappa shape index (κ2) is 6.70. The van der Waals surface area contributed by atoms with Gasteiger partial charge in [0.2, 0.25) is 0 Å². The Hall–Kier alpha value is -2.54. The fourth-order valence-corrected chi connectivity index (χ4v) is 2.93. The van der Waals surface area contributed by atoms with Crippen LogP contribution in [0.25, 0.3) is 0 Å². The van der Waals surface area contributed by atoms with Crippen molar-refractivity contribution in [2.75, 3.05) is 25.0 Å². The first-order valence-electron chi connectivity index (χ1n) is 7.58. The molecule has 1 aliphatic heterocycles. The summed E-state index contributed by atoms with van der Waals surface area (Å²) in [5.41, 5.74) is 1.23. The molecule has 3 rings (SSSR count). The topological polar surface area (TPSA) is 75.4 Å². The van der Waals surface area contributed by atoms with Crippen LogP contribution in [0.5, 0.6) is 0 Å². The van der Waals surface area contributed by atoms with Gasteiger partial charge >= 0.3 is 0 Å². The lowest BCUT2D eigenvalue weighted by Gasteiger charge is -2.25. The highest BCUT2D eigenvalue weighted by Crippen LogP contribution is 2.21. The van der Waals surface area contributed by atoms with E-state index in [9.17, 15) is 10.1 Å². The van der Waals surface area contributed by atoms with E-state index in [-0.39, 0.29) is 10.6 Å². The molecule has 0 radical (unpaired) electrons. The molecule has 0 amide bonds. The summed E-state index contributed by atoms with van der Waals surface area (Å²) >= 11 is 0. The third kappa shape index (κ3) is 3.62. The maximum atomic E-state index is 10.7. The first-order chi connectivity index (χ1) is 11.1. The number of nitrogens with zero attached hydrogens (tertiary/aromatic N) is 5. The van der Waals surface area contributed by atoms with Crippen molar-refractivity contribution in [3.63, 3.8) is 0 Å². The van der Waals surface area contributed by atoms with Crippen LogP contribution in [0.3, 0.4) is 0 Å². The Labute approximate surface area is 134 Å². The van der Waals surface area contributed by atoms with Gasteiger partial charge in [0, 0.05) is 51.1 Å². The van der Waals surface area contributed by atoms with E-state index in [1.807, 2.05) is 18.2 Å². The first-order valence-corrected chi connectivity index (χ1v) is 7.58. The second-order valence-electron chi connectivity index (χ2n) is 5.78. The molecule has 0 aliphatic carbocycles. The summed E-state index contributed by atoms with van der Waals surface area (Å²) < 4.78 is 0. The van der Waals surface area contributed by atoms with Crippen LogP contribution in [0, 0.1) is 10.1 Å². The van der Waals surface area contributed by atoms with Gasteiger partial charge in [-0.2, -0.15) is 0 Å². The average Bonchev–Trinajstić information content (AvgIpc) is 3.04. The van der Waals surface area contributed by atoms with Gasteiger partial charge in [0.1, 0.15) is 12.1 Å². The summed E-state index contributed by atoms with van der Waals surface area (Å²) in [6.07, 6.45) is 4.39. The minimum atomic E-state index is -0.369. The molecule has 1 atom stereocenters. The fraction of sp³-hybridized carbons (Fsp3) is 0.375. The number of nitro groups is 1. The maximum Gasteiger partial charge on any atom is 0.269 e. The Morgan fingerprint density at radius 3 is 2.78 bits per heavy atom. The van der Waals surface area contributed by atoms with Crippen LogP contribution in [-0.2, 0) is 6.54 Å². The average molecular weight is 313 g/mol. The normalized spacial score (nSPS) is 18.0. The molecule has 1 aromatic heterocycles. The van der Waals surface area contributed by atoms with Crippen LogP contribution < -0.4 is 4.90 Å². The standard InChI is InChI=1S/C16H19N5O2/c1-19(16-6-8-17-12-18-16)15-7-9-20(11-15)10-13-2-4-14(5-3-13)21(22)23/h2-6,8,12,15H,7,9-11H2,1H3. The van der Waals surface area contributed by atoms with Crippen LogP contribution >= 0.6 is 0 Å². The number of anilines is 1. The Morgan fingerprint density at radius 2 is 2.13 bits per heavy atom. The van der Waals surface area contributed by atoms with Crippen LogP contribution in [0.1, 0.15) is 12.0 Å². The number of non-ortho nitro benzene ring substituents is 1. The van der Waals surface area contributed by atoms with Crippen molar-refractivity contribution in [2.24, 2.45) is 0 Å². The Morgan fingerprint density at radius 1 is 1.35 bits per heavy atom. The lowest BCUT2D eigenvalue weighted by molar-refractivity contribution is -0.384. The van der Waals surface area contributed by atoms with Gasteiger partial charge in [0.25, 0.3) is 5.69 Å². The van der Waals surface area contributed by atoms with Crippen molar-refractivity contribution in [1.29, 1.82) is 0 Å². The summed E-state index contributed by atoms with van der Waals surface area (Å²) in [5.74, 6) is 0.933. The minimum Gasteiger partial charge on any atom is -0.355 e. The lowest BCUT2D eigenvalue weighted by atomic mass is 10.2.